The third kappa shape index (κ3) is 3.78. The van der Waals surface area contributed by atoms with Gasteiger partial charge in [-0.2, -0.15) is 0 Å². The zero-order valence-electron chi connectivity index (χ0n) is 8.63. The molecule has 15 heavy (non-hydrogen) atoms. The molecule has 0 saturated heterocycles. The van der Waals surface area contributed by atoms with Crippen molar-refractivity contribution >= 4 is 11.6 Å². The quantitative estimate of drug-likeness (QED) is 0.815. The van der Waals surface area contributed by atoms with Crippen LogP contribution in [0.3, 0.4) is 0 Å². The molecule has 1 aromatic carbocycles. The summed E-state index contributed by atoms with van der Waals surface area (Å²) >= 11 is 5.90. The zero-order valence-corrected chi connectivity index (χ0v) is 9.39. The van der Waals surface area contributed by atoms with Gasteiger partial charge in [-0.05, 0) is 30.2 Å². The average molecular weight is 232 g/mol. The Morgan fingerprint density at radius 2 is 2.27 bits per heavy atom. The van der Waals surface area contributed by atoms with E-state index < -0.39 is 0 Å². The first kappa shape index (κ1) is 12.4. The number of halogens is 2. The van der Waals surface area contributed by atoms with Crippen molar-refractivity contribution < 1.29 is 9.50 Å². The lowest BCUT2D eigenvalue weighted by Gasteiger charge is -2.14. The number of hydrogen-bond donors (Lipinski definition) is 2. The van der Waals surface area contributed by atoms with E-state index in [0.717, 1.165) is 6.42 Å². The molecule has 1 unspecified atom stereocenters. The van der Waals surface area contributed by atoms with Crippen LogP contribution < -0.4 is 5.32 Å². The molecule has 0 heterocycles. The smallest absolute Gasteiger partial charge is 0.123 e. The molecular weight excluding hydrogens is 217 g/mol. The highest BCUT2D eigenvalue weighted by Gasteiger charge is 2.06. The summed E-state index contributed by atoms with van der Waals surface area (Å²) < 4.78 is 12.9. The SMILES string of the molecule is CCC(CO)NCc1cc(F)ccc1Cl. The predicted octanol–water partition coefficient (Wildman–Crippen LogP) is 2.34. The Hall–Kier alpha value is -0.640. The highest BCUT2D eigenvalue weighted by molar-refractivity contribution is 6.31. The molecule has 1 rings (SSSR count). The van der Waals surface area contributed by atoms with Crippen LogP contribution in [0.25, 0.3) is 0 Å². The Balaban J connectivity index is 2.60. The molecule has 0 fully saturated rings. The number of nitrogens with one attached hydrogen (secondary N) is 1. The Morgan fingerprint density at radius 1 is 1.53 bits per heavy atom. The molecule has 1 aromatic rings. The van der Waals surface area contributed by atoms with Gasteiger partial charge in [0.05, 0.1) is 6.61 Å². The molecule has 0 radical (unpaired) electrons. The molecule has 0 saturated carbocycles. The van der Waals surface area contributed by atoms with Crippen molar-refractivity contribution in [3.8, 4) is 0 Å². The van der Waals surface area contributed by atoms with E-state index in [1.165, 1.54) is 18.2 Å². The lowest BCUT2D eigenvalue weighted by Crippen LogP contribution is -2.31. The van der Waals surface area contributed by atoms with Gasteiger partial charge in [-0.1, -0.05) is 18.5 Å². The van der Waals surface area contributed by atoms with E-state index in [4.69, 9.17) is 16.7 Å². The van der Waals surface area contributed by atoms with E-state index in [-0.39, 0.29) is 18.5 Å². The monoisotopic (exact) mass is 231 g/mol. The van der Waals surface area contributed by atoms with Crippen LogP contribution in [-0.2, 0) is 6.54 Å². The number of benzene rings is 1. The van der Waals surface area contributed by atoms with Crippen LogP contribution in [0.5, 0.6) is 0 Å². The lowest BCUT2D eigenvalue weighted by molar-refractivity contribution is 0.238. The normalized spacial score (nSPS) is 12.8. The Bertz CT molecular complexity index is 315. The van der Waals surface area contributed by atoms with Crippen LogP contribution >= 0.6 is 11.6 Å². The van der Waals surface area contributed by atoms with E-state index in [9.17, 15) is 4.39 Å². The largest absolute Gasteiger partial charge is 0.395 e. The molecule has 2 nitrogen and oxygen atoms in total. The fourth-order valence-electron chi connectivity index (χ4n) is 1.27. The summed E-state index contributed by atoms with van der Waals surface area (Å²) in [6, 6.07) is 4.30. The van der Waals surface area contributed by atoms with Crippen molar-refractivity contribution in [2.24, 2.45) is 0 Å². The molecule has 2 N–H and O–H groups in total. The van der Waals surface area contributed by atoms with Gasteiger partial charge in [-0.25, -0.2) is 4.39 Å². The summed E-state index contributed by atoms with van der Waals surface area (Å²) in [5.41, 5.74) is 0.712. The summed E-state index contributed by atoms with van der Waals surface area (Å²) in [7, 11) is 0. The van der Waals surface area contributed by atoms with Crippen LogP contribution in [-0.4, -0.2) is 17.8 Å². The standard InChI is InChI=1S/C11H15ClFNO/c1-2-10(7-15)14-6-8-5-9(13)3-4-11(8)12/h3-5,10,14-15H,2,6-7H2,1H3. The highest BCUT2D eigenvalue weighted by Crippen LogP contribution is 2.16. The lowest BCUT2D eigenvalue weighted by atomic mass is 10.2. The van der Waals surface area contributed by atoms with Crippen molar-refractivity contribution in [3.63, 3.8) is 0 Å². The summed E-state index contributed by atoms with van der Waals surface area (Å²) in [6.07, 6.45) is 0.823. The predicted molar refractivity (Wildman–Crippen MR) is 59.4 cm³/mol. The molecule has 84 valence electrons. The maximum atomic E-state index is 12.9. The summed E-state index contributed by atoms with van der Waals surface area (Å²) in [4.78, 5) is 0. The summed E-state index contributed by atoms with van der Waals surface area (Å²) in [6.45, 7) is 2.51. The Labute approximate surface area is 94.1 Å². The molecule has 0 aliphatic rings. The van der Waals surface area contributed by atoms with Gasteiger partial charge in [0, 0.05) is 17.6 Å². The van der Waals surface area contributed by atoms with Crippen molar-refractivity contribution in [2.45, 2.75) is 25.9 Å². The summed E-state index contributed by atoms with van der Waals surface area (Å²) in [5.74, 6) is -0.298. The molecule has 0 aliphatic heterocycles. The van der Waals surface area contributed by atoms with Crippen LogP contribution in [0.4, 0.5) is 4.39 Å². The van der Waals surface area contributed by atoms with Gasteiger partial charge < -0.3 is 10.4 Å². The van der Waals surface area contributed by atoms with E-state index in [1.54, 1.807) is 0 Å². The van der Waals surface area contributed by atoms with Crippen molar-refractivity contribution in [1.29, 1.82) is 0 Å². The molecule has 0 spiro atoms. The fourth-order valence-corrected chi connectivity index (χ4v) is 1.46. The van der Waals surface area contributed by atoms with Gasteiger partial charge in [0.15, 0.2) is 0 Å². The number of aliphatic hydroxyl groups excluding tert-OH is 1. The maximum Gasteiger partial charge on any atom is 0.123 e. The van der Waals surface area contributed by atoms with Crippen LogP contribution in [0.15, 0.2) is 18.2 Å². The third-order valence-electron chi connectivity index (χ3n) is 2.30. The summed E-state index contributed by atoms with van der Waals surface area (Å²) in [5, 5.41) is 12.6. The number of hydrogen-bond acceptors (Lipinski definition) is 2. The van der Waals surface area contributed by atoms with Crippen molar-refractivity contribution in [1.82, 2.24) is 5.32 Å². The number of aliphatic hydroxyl groups is 1. The van der Waals surface area contributed by atoms with E-state index >= 15 is 0 Å². The Morgan fingerprint density at radius 3 is 2.87 bits per heavy atom. The minimum Gasteiger partial charge on any atom is -0.395 e. The van der Waals surface area contributed by atoms with Crippen molar-refractivity contribution in [3.05, 3.63) is 34.6 Å². The first-order valence-corrected chi connectivity index (χ1v) is 5.33. The van der Waals surface area contributed by atoms with E-state index in [2.05, 4.69) is 5.32 Å². The molecule has 0 bridgehead atoms. The second kappa shape index (κ2) is 6.05. The minimum absolute atomic E-state index is 0.0318. The van der Waals surface area contributed by atoms with Gasteiger partial charge in [0.1, 0.15) is 5.82 Å². The van der Waals surface area contributed by atoms with Gasteiger partial charge >= 0.3 is 0 Å². The average Bonchev–Trinajstić information content (AvgIpc) is 2.24. The van der Waals surface area contributed by atoms with Gasteiger partial charge in [0.25, 0.3) is 0 Å². The molecule has 1 atom stereocenters. The number of rotatable bonds is 5. The van der Waals surface area contributed by atoms with Gasteiger partial charge in [-0.15, -0.1) is 0 Å². The minimum atomic E-state index is -0.298. The molecule has 0 aromatic heterocycles. The van der Waals surface area contributed by atoms with Crippen LogP contribution in [0, 0.1) is 5.82 Å². The molecule has 0 amide bonds. The zero-order chi connectivity index (χ0) is 11.3. The highest BCUT2D eigenvalue weighted by atomic mass is 35.5. The molecule has 4 heteroatoms. The Kier molecular flexibility index (Phi) is 5.02. The van der Waals surface area contributed by atoms with Crippen molar-refractivity contribution in [2.75, 3.05) is 6.61 Å². The van der Waals surface area contributed by atoms with Gasteiger partial charge in [-0.3, -0.25) is 0 Å². The molecule has 0 aliphatic carbocycles. The van der Waals surface area contributed by atoms with Crippen LogP contribution in [0.2, 0.25) is 5.02 Å². The topological polar surface area (TPSA) is 32.3 Å². The van der Waals surface area contributed by atoms with E-state index in [0.29, 0.717) is 17.1 Å². The van der Waals surface area contributed by atoms with Crippen LogP contribution in [0.1, 0.15) is 18.9 Å². The second-order valence-electron chi connectivity index (χ2n) is 3.40. The third-order valence-corrected chi connectivity index (χ3v) is 2.67. The first-order valence-electron chi connectivity index (χ1n) is 4.95. The van der Waals surface area contributed by atoms with E-state index in [1.807, 2.05) is 6.92 Å². The molecular formula is C11H15ClFNO. The first-order chi connectivity index (χ1) is 7.17. The maximum absolute atomic E-state index is 12.9. The fraction of sp³-hybridized carbons (Fsp3) is 0.455. The van der Waals surface area contributed by atoms with Gasteiger partial charge in [0.2, 0.25) is 0 Å². The second-order valence-corrected chi connectivity index (χ2v) is 3.81.